The molecule has 0 N–H and O–H groups in total. The van der Waals surface area contributed by atoms with E-state index in [0.29, 0.717) is 12.2 Å². The Bertz CT molecular complexity index is 1290. The predicted molar refractivity (Wildman–Crippen MR) is 160 cm³/mol. The van der Waals surface area contributed by atoms with Crippen LogP contribution in [0, 0.1) is 11.6 Å². The Labute approximate surface area is 232 Å². The van der Waals surface area contributed by atoms with Crippen LogP contribution in [0.15, 0.2) is 84.9 Å². The summed E-state index contributed by atoms with van der Waals surface area (Å²) in [5.41, 5.74) is 6.77. The van der Waals surface area contributed by atoms with E-state index in [4.69, 9.17) is 4.74 Å². The van der Waals surface area contributed by atoms with Gasteiger partial charge in [-0.3, -0.25) is 0 Å². The summed E-state index contributed by atoms with van der Waals surface area (Å²) in [5, 5.41) is 0. The highest BCUT2D eigenvalue weighted by atomic mass is 19.2. The molecule has 0 fully saturated rings. The van der Waals surface area contributed by atoms with Gasteiger partial charge in [0.25, 0.3) is 0 Å². The zero-order valence-corrected chi connectivity index (χ0v) is 23.3. The molecule has 0 amide bonds. The molecule has 0 aliphatic heterocycles. The molecule has 3 heteroatoms. The molecule has 4 rings (SSSR count). The summed E-state index contributed by atoms with van der Waals surface area (Å²) in [6, 6.07) is 28.1. The molecule has 39 heavy (non-hydrogen) atoms. The zero-order valence-electron chi connectivity index (χ0n) is 23.3. The van der Waals surface area contributed by atoms with Crippen molar-refractivity contribution in [2.75, 3.05) is 6.61 Å². The molecule has 0 aliphatic carbocycles. The van der Waals surface area contributed by atoms with Gasteiger partial charge in [-0.1, -0.05) is 125 Å². The molecule has 4 aromatic carbocycles. The Morgan fingerprint density at radius 3 is 1.54 bits per heavy atom. The molecule has 0 heterocycles. The van der Waals surface area contributed by atoms with E-state index in [1.807, 2.05) is 31.2 Å². The predicted octanol–water partition coefficient (Wildman–Crippen LogP) is 11.0. The lowest BCUT2D eigenvalue weighted by molar-refractivity contribution is 0.289. The summed E-state index contributed by atoms with van der Waals surface area (Å²) in [6.07, 6.45) is 10.8. The third-order valence-electron chi connectivity index (χ3n) is 7.32. The molecule has 4 aromatic rings. The van der Waals surface area contributed by atoms with Crippen LogP contribution in [0.1, 0.15) is 70.8 Å². The van der Waals surface area contributed by atoms with Crippen molar-refractivity contribution < 1.29 is 13.5 Å². The van der Waals surface area contributed by atoms with Crippen LogP contribution in [-0.2, 0) is 6.42 Å². The van der Waals surface area contributed by atoms with E-state index < -0.39 is 11.6 Å². The average Bonchev–Trinajstić information content (AvgIpc) is 2.98. The Kier molecular flexibility index (Phi) is 10.7. The maximum absolute atomic E-state index is 14.8. The van der Waals surface area contributed by atoms with Gasteiger partial charge in [0.2, 0.25) is 5.82 Å². The van der Waals surface area contributed by atoms with Gasteiger partial charge in [-0.15, -0.1) is 0 Å². The lowest BCUT2D eigenvalue weighted by Gasteiger charge is -2.11. The quantitative estimate of drug-likeness (QED) is 0.148. The Morgan fingerprint density at radius 2 is 0.974 bits per heavy atom. The van der Waals surface area contributed by atoms with Gasteiger partial charge in [-0.05, 0) is 64.8 Å². The van der Waals surface area contributed by atoms with Crippen molar-refractivity contribution in [2.24, 2.45) is 0 Å². The minimum atomic E-state index is -0.932. The van der Waals surface area contributed by atoms with Crippen molar-refractivity contribution in [2.45, 2.75) is 71.6 Å². The van der Waals surface area contributed by atoms with E-state index in [1.165, 1.54) is 61.3 Å². The van der Waals surface area contributed by atoms with Gasteiger partial charge in [0.15, 0.2) is 11.6 Å². The molecule has 0 aromatic heterocycles. The van der Waals surface area contributed by atoms with Gasteiger partial charge in [-0.2, -0.15) is 4.39 Å². The van der Waals surface area contributed by atoms with E-state index in [-0.39, 0.29) is 11.3 Å². The van der Waals surface area contributed by atoms with Crippen molar-refractivity contribution >= 4 is 0 Å². The first-order chi connectivity index (χ1) is 19.1. The van der Waals surface area contributed by atoms with E-state index >= 15 is 0 Å². The van der Waals surface area contributed by atoms with Crippen LogP contribution in [0.4, 0.5) is 8.78 Å². The number of unbranched alkanes of at least 4 members (excludes halogenated alkanes) is 6. The van der Waals surface area contributed by atoms with Crippen LogP contribution in [0.3, 0.4) is 0 Å². The fourth-order valence-corrected chi connectivity index (χ4v) is 4.86. The van der Waals surface area contributed by atoms with Crippen molar-refractivity contribution in [1.29, 1.82) is 0 Å². The molecule has 0 aliphatic rings. The van der Waals surface area contributed by atoms with Gasteiger partial charge in [0.1, 0.15) is 0 Å². The molecule has 0 bridgehead atoms. The Hall–Kier alpha value is -3.46. The smallest absolute Gasteiger partial charge is 0.201 e. The molecule has 0 atom stereocenters. The van der Waals surface area contributed by atoms with Crippen molar-refractivity contribution in [3.05, 3.63) is 102 Å². The van der Waals surface area contributed by atoms with E-state index in [9.17, 15) is 8.78 Å². The van der Waals surface area contributed by atoms with Crippen LogP contribution < -0.4 is 4.74 Å². The number of rotatable bonds is 14. The molecule has 204 valence electrons. The zero-order chi connectivity index (χ0) is 27.5. The van der Waals surface area contributed by atoms with Gasteiger partial charge in [0.05, 0.1) is 6.61 Å². The standard InChI is InChI=1S/C36H40F2O/c1-3-5-7-8-9-10-11-27-12-14-28(15-13-27)29-16-18-30(19-17-29)31-20-22-32(23-21-31)33-24-25-34(36(38)35(33)37)39-26-6-4-2/h12-25H,3-11,26H2,1-2H3. The van der Waals surface area contributed by atoms with Gasteiger partial charge in [0, 0.05) is 5.56 Å². The number of hydrogen-bond donors (Lipinski definition) is 0. The topological polar surface area (TPSA) is 9.23 Å². The number of benzene rings is 4. The van der Waals surface area contributed by atoms with Gasteiger partial charge < -0.3 is 4.74 Å². The van der Waals surface area contributed by atoms with Crippen LogP contribution in [0.2, 0.25) is 0 Å². The summed E-state index contributed by atoms with van der Waals surface area (Å²) in [5.74, 6) is -1.84. The van der Waals surface area contributed by atoms with E-state index in [2.05, 4.69) is 55.5 Å². The first kappa shape index (κ1) is 28.5. The second kappa shape index (κ2) is 14.6. The second-order valence-electron chi connectivity index (χ2n) is 10.3. The Morgan fingerprint density at radius 1 is 0.487 bits per heavy atom. The van der Waals surface area contributed by atoms with E-state index in [1.54, 1.807) is 6.07 Å². The highest BCUT2D eigenvalue weighted by Crippen LogP contribution is 2.32. The molecule has 0 saturated carbocycles. The van der Waals surface area contributed by atoms with Crippen LogP contribution >= 0.6 is 0 Å². The fourth-order valence-electron chi connectivity index (χ4n) is 4.86. The maximum atomic E-state index is 14.8. The van der Waals surface area contributed by atoms with Gasteiger partial charge in [-0.25, -0.2) is 4.39 Å². The van der Waals surface area contributed by atoms with Crippen LogP contribution in [0.25, 0.3) is 33.4 Å². The lowest BCUT2D eigenvalue weighted by Crippen LogP contribution is -2.01. The van der Waals surface area contributed by atoms with Crippen molar-refractivity contribution in [3.63, 3.8) is 0 Å². The van der Waals surface area contributed by atoms with Crippen molar-refractivity contribution in [3.8, 4) is 39.1 Å². The fraction of sp³-hybridized carbons (Fsp3) is 0.333. The summed E-state index contributed by atoms with van der Waals surface area (Å²) < 4.78 is 34.7. The molecular formula is C36H40F2O. The minimum Gasteiger partial charge on any atom is -0.490 e. The summed E-state index contributed by atoms with van der Waals surface area (Å²) in [6.45, 7) is 4.66. The second-order valence-corrected chi connectivity index (χ2v) is 10.3. The number of halogens is 2. The summed E-state index contributed by atoms with van der Waals surface area (Å²) in [4.78, 5) is 0. The van der Waals surface area contributed by atoms with Crippen LogP contribution in [0.5, 0.6) is 5.75 Å². The number of aryl methyl sites for hydroxylation is 1. The van der Waals surface area contributed by atoms with E-state index in [0.717, 1.165) is 30.4 Å². The molecule has 0 unspecified atom stereocenters. The maximum Gasteiger partial charge on any atom is 0.201 e. The highest BCUT2D eigenvalue weighted by Gasteiger charge is 2.16. The molecular weight excluding hydrogens is 486 g/mol. The molecule has 0 saturated heterocycles. The molecule has 1 nitrogen and oxygen atoms in total. The largest absolute Gasteiger partial charge is 0.490 e. The monoisotopic (exact) mass is 526 g/mol. The SMILES string of the molecule is CCCCCCCCc1ccc(-c2ccc(-c3ccc(-c4ccc(OCCCC)c(F)c4F)cc3)cc2)cc1. The third-order valence-corrected chi connectivity index (χ3v) is 7.32. The van der Waals surface area contributed by atoms with Crippen LogP contribution in [-0.4, -0.2) is 6.61 Å². The lowest BCUT2D eigenvalue weighted by atomic mass is 9.97. The van der Waals surface area contributed by atoms with Crippen molar-refractivity contribution in [1.82, 2.24) is 0 Å². The Balaban J connectivity index is 1.37. The van der Waals surface area contributed by atoms with Gasteiger partial charge >= 0.3 is 0 Å². The number of hydrogen-bond acceptors (Lipinski definition) is 1. The average molecular weight is 527 g/mol. The third kappa shape index (κ3) is 7.79. The minimum absolute atomic E-state index is 0.0335. The summed E-state index contributed by atoms with van der Waals surface area (Å²) in [7, 11) is 0. The normalized spacial score (nSPS) is 11.1. The molecule has 0 radical (unpaired) electrons. The first-order valence-corrected chi connectivity index (χ1v) is 14.5. The highest BCUT2D eigenvalue weighted by molar-refractivity contribution is 5.73. The number of ether oxygens (including phenoxy) is 1. The first-order valence-electron chi connectivity index (χ1n) is 14.5. The molecule has 0 spiro atoms. The summed E-state index contributed by atoms with van der Waals surface area (Å²) >= 11 is 0.